The number of nitrogens with zero attached hydrogens (tertiary/aromatic N) is 1. The van der Waals surface area contributed by atoms with Crippen molar-refractivity contribution in [3.8, 4) is 0 Å². The van der Waals surface area contributed by atoms with E-state index in [9.17, 15) is 9.59 Å². The molecule has 0 unspecified atom stereocenters. The summed E-state index contributed by atoms with van der Waals surface area (Å²) < 4.78 is 11.3. The molecule has 3 rings (SSSR count). The number of rotatable bonds is 11. The fourth-order valence-corrected chi connectivity index (χ4v) is 4.95. The molecule has 2 amide bonds. The summed E-state index contributed by atoms with van der Waals surface area (Å²) in [6.07, 6.45) is 2.67. The van der Waals surface area contributed by atoms with Crippen molar-refractivity contribution in [3.63, 3.8) is 0 Å². The number of oxazole rings is 1. The minimum atomic E-state index is -0.587. The fourth-order valence-electron chi connectivity index (χ4n) is 4.12. The maximum absolute atomic E-state index is 12.7. The first-order chi connectivity index (χ1) is 17.9. The van der Waals surface area contributed by atoms with Gasteiger partial charge in [0.1, 0.15) is 11.1 Å². The largest absolute Gasteiger partial charge is 0.444 e. The van der Waals surface area contributed by atoms with Gasteiger partial charge in [-0.3, -0.25) is 10.1 Å². The molecule has 1 heterocycles. The average Bonchev–Trinajstić information content (AvgIpc) is 3.24. The second kappa shape index (κ2) is 13.2. The van der Waals surface area contributed by atoms with E-state index >= 15 is 0 Å². The molecule has 2 N–H and O–H groups in total. The molecule has 2 aromatic carbocycles. The minimum Gasteiger partial charge on any atom is -0.444 e. The minimum absolute atomic E-state index is 0.0663. The van der Waals surface area contributed by atoms with Gasteiger partial charge in [-0.25, -0.2) is 9.78 Å². The van der Waals surface area contributed by atoms with Crippen LogP contribution in [0.1, 0.15) is 97.1 Å². The number of unbranched alkanes of at least 4 members (excludes halogenated alkanes) is 2. The number of fused-ring (bicyclic) bond motifs is 1. The normalized spacial score (nSPS) is 11.8. The highest BCUT2D eigenvalue weighted by atomic mass is 32.2. The van der Waals surface area contributed by atoms with E-state index < -0.39 is 11.7 Å². The van der Waals surface area contributed by atoms with Crippen molar-refractivity contribution in [2.45, 2.75) is 96.8 Å². The van der Waals surface area contributed by atoms with Crippen LogP contribution in [-0.2, 0) is 9.53 Å². The van der Waals surface area contributed by atoms with Gasteiger partial charge in [0.15, 0.2) is 5.58 Å². The van der Waals surface area contributed by atoms with Crippen LogP contribution in [0.15, 0.2) is 46.0 Å². The summed E-state index contributed by atoms with van der Waals surface area (Å²) in [6, 6.07) is 11.7. The van der Waals surface area contributed by atoms with Crippen molar-refractivity contribution >= 4 is 46.2 Å². The summed E-state index contributed by atoms with van der Waals surface area (Å²) >= 11 is 1.53. The molecule has 1 aromatic heterocycles. The molecule has 3 aromatic rings. The topological polar surface area (TPSA) is 93.5 Å². The van der Waals surface area contributed by atoms with E-state index in [0.29, 0.717) is 40.3 Å². The second-order valence-corrected chi connectivity index (χ2v) is 12.1. The van der Waals surface area contributed by atoms with Gasteiger partial charge in [0.25, 0.3) is 5.22 Å². The predicted octanol–water partition coefficient (Wildman–Crippen LogP) is 8.71. The van der Waals surface area contributed by atoms with Crippen LogP contribution in [0.25, 0.3) is 11.1 Å². The van der Waals surface area contributed by atoms with Crippen molar-refractivity contribution in [1.29, 1.82) is 0 Å². The quantitative estimate of drug-likeness (QED) is 0.187. The Morgan fingerprint density at radius 2 is 1.61 bits per heavy atom. The van der Waals surface area contributed by atoms with E-state index in [-0.39, 0.29) is 5.91 Å². The summed E-state index contributed by atoms with van der Waals surface area (Å²) in [7, 11) is 0. The number of thioether (sulfide) groups is 1. The molecule has 0 spiro atoms. The summed E-state index contributed by atoms with van der Waals surface area (Å²) in [5, 5.41) is 6.50. The predicted molar refractivity (Wildman–Crippen MR) is 156 cm³/mol. The van der Waals surface area contributed by atoms with Gasteiger partial charge in [0, 0.05) is 17.9 Å². The number of hydrogen-bond donors (Lipinski definition) is 2. The molecule has 0 aliphatic carbocycles. The second-order valence-electron chi connectivity index (χ2n) is 11.1. The van der Waals surface area contributed by atoms with E-state index in [1.54, 1.807) is 6.07 Å². The maximum Gasteiger partial charge on any atom is 0.412 e. The Morgan fingerprint density at radius 3 is 2.24 bits per heavy atom. The summed E-state index contributed by atoms with van der Waals surface area (Å²) in [4.78, 5) is 29.4. The first kappa shape index (κ1) is 29.6. The lowest BCUT2D eigenvalue weighted by Gasteiger charge is -2.20. The molecule has 206 valence electrons. The number of carbonyl (C=O) groups is 2. The third-order valence-electron chi connectivity index (χ3n) is 5.94. The lowest BCUT2D eigenvalue weighted by Crippen LogP contribution is -2.27. The van der Waals surface area contributed by atoms with Crippen LogP contribution in [0.3, 0.4) is 0 Å². The van der Waals surface area contributed by atoms with Crippen molar-refractivity contribution in [2.24, 2.45) is 0 Å². The molecular formula is C30H41N3O4S. The maximum atomic E-state index is 12.7. The van der Waals surface area contributed by atoms with Gasteiger partial charge in [-0.05, 0) is 68.7 Å². The van der Waals surface area contributed by atoms with Crippen molar-refractivity contribution in [1.82, 2.24) is 4.98 Å². The molecule has 0 aliphatic rings. The monoisotopic (exact) mass is 539 g/mol. The molecular weight excluding hydrogens is 498 g/mol. The number of anilines is 2. The zero-order valence-corrected chi connectivity index (χ0v) is 24.5. The first-order valence-electron chi connectivity index (χ1n) is 13.4. The highest BCUT2D eigenvalue weighted by Crippen LogP contribution is 2.33. The Balaban J connectivity index is 1.46. The Kier molecular flexibility index (Phi) is 10.3. The van der Waals surface area contributed by atoms with Gasteiger partial charge in [-0.1, -0.05) is 70.1 Å². The van der Waals surface area contributed by atoms with Gasteiger partial charge >= 0.3 is 6.09 Å². The Labute approximate surface area is 230 Å². The van der Waals surface area contributed by atoms with Gasteiger partial charge in [-0.15, -0.1) is 0 Å². The summed E-state index contributed by atoms with van der Waals surface area (Å²) in [6.45, 7) is 14.1. The molecule has 7 nitrogen and oxygen atoms in total. The van der Waals surface area contributed by atoms with Crippen LogP contribution in [0.2, 0.25) is 0 Å². The van der Waals surface area contributed by atoms with Crippen molar-refractivity contribution < 1.29 is 18.7 Å². The number of aromatic nitrogens is 1. The molecule has 0 saturated carbocycles. The third-order valence-corrected chi connectivity index (χ3v) is 6.86. The molecule has 0 fully saturated rings. The van der Waals surface area contributed by atoms with E-state index in [0.717, 1.165) is 30.7 Å². The van der Waals surface area contributed by atoms with Crippen LogP contribution in [0.5, 0.6) is 0 Å². The smallest absolute Gasteiger partial charge is 0.412 e. The summed E-state index contributed by atoms with van der Waals surface area (Å²) in [5.74, 6) is 1.59. The third kappa shape index (κ3) is 8.51. The lowest BCUT2D eigenvalue weighted by atomic mass is 9.92. The van der Waals surface area contributed by atoms with Crippen molar-refractivity contribution in [3.05, 3.63) is 47.5 Å². The van der Waals surface area contributed by atoms with Gasteiger partial charge in [-0.2, -0.15) is 0 Å². The zero-order valence-electron chi connectivity index (χ0n) is 23.6. The Hall–Kier alpha value is -3.00. The fraction of sp³-hybridized carbons (Fsp3) is 0.500. The Morgan fingerprint density at radius 1 is 0.947 bits per heavy atom. The van der Waals surface area contributed by atoms with Crippen LogP contribution < -0.4 is 10.6 Å². The zero-order chi connectivity index (χ0) is 27.9. The lowest BCUT2D eigenvalue weighted by molar-refractivity contribution is -0.116. The van der Waals surface area contributed by atoms with Gasteiger partial charge < -0.3 is 14.5 Å². The van der Waals surface area contributed by atoms with Crippen LogP contribution in [0, 0.1) is 0 Å². The standard InChI is InChI=1S/C30H41N3O4S/c1-19(2)21-13-11-14-22(20(3)4)26(21)33-25(34)17-9-8-10-18-38-29-32-24-16-12-15-23(27(24)36-29)31-28(35)37-30(5,6)7/h11-16,19-20H,8-10,17-18H2,1-7H3,(H,31,35)(H,33,34). The van der Waals surface area contributed by atoms with Gasteiger partial charge in [0.05, 0.1) is 5.69 Å². The highest BCUT2D eigenvalue weighted by Gasteiger charge is 2.19. The molecule has 38 heavy (non-hydrogen) atoms. The number of nitrogens with one attached hydrogen (secondary N) is 2. The number of hydrogen-bond acceptors (Lipinski definition) is 6. The number of ether oxygens (including phenoxy) is 1. The van der Waals surface area contributed by atoms with E-state index in [4.69, 9.17) is 9.15 Å². The first-order valence-corrected chi connectivity index (χ1v) is 14.4. The number of carbonyl (C=O) groups excluding carboxylic acids is 2. The molecule has 0 atom stereocenters. The van der Waals surface area contributed by atoms with Crippen LogP contribution in [-0.4, -0.2) is 28.3 Å². The van der Waals surface area contributed by atoms with Crippen LogP contribution in [0.4, 0.5) is 16.2 Å². The SMILES string of the molecule is CC(C)c1cccc(C(C)C)c1NC(=O)CCCCCSc1nc2cccc(NC(=O)OC(C)(C)C)c2o1. The van der Waals surface area contributed by atoms with E-state index in [2.05, 4.69) is 61.5 Å². The van der Waals surface area contributed by atoms with E-state index in [1.807, 2.05) is 32.9 Å². The molecule has 0 saturated heterocycles. The van der Waals surface area contributed by atoms with Crippen molar-refractivity contribution in [2.75, 3.05) is 16.4 Å². The Bertz CT molecular complexity index is 1220. The summed E-state index contributed by atoms with van der Waals surface area (Å²) in [5.41, 5.74) is 4.50. The molecule has 0 bridgehead atoms. The number of para-hydroxylation sites is 2. The van der Waals surface area contributed by atoms with Crippen LogP contribution >= 0.6 is 11.8 Å². The molecule has 0 aliphatic heterocycles. The number of amides is 2. The van der Waals surface area contributed by atoms with Gasteiger partial charge in [0.2, 0.25) is 5.91 Å². The van der Waals surface area contributed by atoms with E-state index in [1.165, 1.54) is 22.9 Å². The highest BCUT2D eigenvalue weighted by molar-refractivity contribution is 7.99. The molecule has 0 radical (unpaired) electrons. The number of benzene rings is 2. The average molecular weight is 540 g/mol. The molecule has 8 heteroatoms.